The molecule has 0 aromatic carbocycles. The third-order valence-electron chi connectivity index (χ3n) is 4.61. The average molecular weight is 282 g/mol. The molecule has 3 atom stereocenters. The molecule has 1 aliphatic rings. The third-order valence-corrected chi connectivity index (χ3v) is 4.61. The van der Waals surface area contributed by atoms with Crippen molar-refractivity contribution in [3.8, 4) is 0 Å². The van der Waals surface area contributed by atoms with Crippen LogP contribution in [0.15, 0.2) is 0 Å². The SMILES string of the molecule is CC(C)CC1NC(C(C)C)C(=O)N1CC(C)C(C)(C)C. The first-order chi connectivity index (χ1) is 9.04. The standard InChI is InChI=1S/C17H34N2O/c1-11(2)9-14-18-15(12(3)4)16(20)19(14)10-13(5)17(6,7)8/h11-15,18H,9-10H2,1-8H3. The Morgan fingerprint density at radius 1 is 1.15 bits per heavy atom. The van der Waals surface area contributed by atoms with Gasteiger partial charge < -0.3 is 4.90 Å². The predicted octanol–water partition coefficient (Wildman–Crippen LogP) is 3.50. The fraction of sp³-hybridized carbons (Fsp3) is 0.941. The number of rotatable bonds is 5. The molecule has 3 nitrogen and oxygen atoms in total. The van der Waals surface area contributed by atoms with Crippen molar-refractivity contribution in [3.63, 3.8) is 0 Å². The van der Waals surface area contributed by atoms with Gasteiger partial charge in [-0.3, -0.25) is 10.1 Å². The van der Waals surface area contributed by atoms with E-state index in [-0.39, 0.29) is 17.6 Å². The molecule has 0 aromatic rings. The van der Waals surface area contributed by atoms with Gasteiger partial charge in [-0.25, -0.2) is 0 Å². The van der Waals surface area contributed by atoms with Crippen LogP contribution in [-0.2, 0) is 4.79 Å². The van der Waals surface area contributed by atoms with E-state index >= 15 is 0 Å². The van der Waals surface area contributed by atoms with E-state index in [9.17, 15) is 4.79 Å². The Morgan fingerprint density at radius 2 is 1.70 bits per heavy atom. The number of carbonyl (C=O) groups excluding carboxylic acids is 1. The van der Waals surface area contributed by atoms with Gasteiger partial charge in [0.1, 0.15) is 0 Å². The second kappa shape index (κ2) is 6.46. The number of amides is 1. The predicted molar refractivity (Wildman–Crippen MR) is 85.3 cm³/mol. The lowest BCUT2D eigenvalue weighted by atomic mass is 9.81. The molecule has 0 aromatic heterocycles. The average Bonchev–Trinajstić information content (AvgIpc) is 2.55. The topological polar surface area (TPSA) is 32.3 Å². The van der Waals surface area contributed by atoms with Crippen LogP contribution in [0.4, 0.5) is 0 Å². The molecule has 1 saturated heterocycles. The van der Waals surface area contributed by atoms with E-state index in [2.05, 4.69) is 65.6 Å². The lowest BCUT2D eigenvalue weighted by Crippen LogP contribution is -2.43. The van der Waals surface area contributed by atoms with Gasteiger partial charge >= 0.3 is 0 Å². The molecule has 3 unspecified atom stereocenters. The number of hydrogen-bond acceptors (Lipinski definition) is 2. The van der Waals surface area contributed by atoms with Gasteiger partial charge in [0.15, 0.2) is 0 Å². The molecule has 1 heterocycles. The van der Waals surface area contributed by atoms with Crippen LogP contribution in [0.25, 0.3) is 0 Å². The highest BCUT2D eigenvalue weighted by atomic mass is 16.2. The summed E-state index contributed by atoms with van der Waals surface area (Å²) in [7, 11) is 0. The monoisotopic (exact) mass is 282 g/mol. The van der Waals surface area contributed by atoms with Crippen LogP contribution in [0.5, 0.6) is 0 Å². The summed E-state index contributed by atoms with van der Waals surface area (Å²) in [5.74, 6) is 1.74. The Bertz CT molecular complexity index is 330. The molecule has 20 heavy (non-hydrogen) atoms. The minimum Gasteiger partial charge on any atom is -0.325 e. The van der Waals surface area contributed by atoms with Crippen molar-refractivity contribution in [2.45, 2.75) is 74.0 Å². The highest BCUT2D eigenvalue weighted by Gasteiger charge is 2.41. The van der Waals surface area contributed by atoms with E-state index in [0.29, 0.717) is 23.7 Å². The van der Waals surface area contributed by atoms with Crippen LogP contribution < -0.4 is 5.32 Å². The van der Waals surface area contributed by atoms with Crippen molar-refractivity contribution < 1.29 is 4.79 Å². The molecular weight excluding hydrogens is 248 g/mol. The van der Waals surface area contributed by atoms with Crippen molar-refractivity contribution >= 4 is 5.91 Å². The number of hydrogen-bond donors (Lipinski definition) is 1. The minimum atomic E-state index is -0.00841. The van der Waals surface area contributed by atoms with E-state index in [4.69, 9.17) is 0 Å². The maximum atomic E-state index is 12.7. The Labute approximate surface area is 125 Å². The van der Waals surface area contributed by atoms with Gasteiger partial charge in [0.25, 0.3) is 0 Å². The zero-order chi connectivity index (χ0) is 15.7. The zero-order valence-electron chi connectivity index (χ0n) is 14.7. The van der Waals surface area contributed by atoms with E-state index in [1.807, 2.05) is 0 Å². The summed E-state index contributed by atoms with van der Waals surface area (Å²) in [6.45, 7) is 18.6. The largest absolute Gasteiger partial charge is 0.325 e. The Morgan fingerprint density at radius 3 is 2.10 bits per heavy atom. The highest BCUT2D eigenvalue weighted by molar-refractivity contribution is 5.84. The summed E-state index contributed by atoms with van der Waals surface area (Å²) in [6, 6.07) is -0.00841. The molecule has 0 radical (unpaired) electrons. The Kier molecular flexibility index (Phi) is 5.65. The van der Waals surface area contributed by atoms with Gasteiger partial charge in [0.05, 0.1) is 12.2 Å². The molecule has 1 amide bonds. The molecule has 0 bridgehead atoms. The van der Waals surface area contributed by atoms with E-state index in [1.54, 1.807) is 0 Å². The molecule has 1 N–H and O–H groups in total. The highest BCUT2D eigenvalue weighted by Crippen LogP contribution is 2.29. The molecule has 3 heteroatoms. The van der Waals surface area contributed by atoms with Gasteiger partial charge in [0.2, 0.25) is 5.91 Å². The molecule has 118 valence electrons. The summed E-state index contributed by atoms with van der Waals surface area (Å²) >= 11 is 0. The number of carbonyl (C=O) groups is 1. The molecule has 1 fully saturated rings. The van der Waals surface area contributed by atoms with Gasteiger partial charge in [-0.2, -0.15) is 0 Å². The smallest absolute Gasteiger partial charge is 0.241 e. The summed E-state index contributed by atoms with van der Waals surface area (Å²) in [5, 5.41) is 3.55. The Hall–Kier alpha value is -0.570. The molecule has 0 spiro atoms. The molecule has 0 aliphatic carbocycles. The van der Waals surface area contributed by atoms with Gasteiger partial charge in [-0.1, -0.05) is 55.4 Å². The normalized spacial score (nSPS) is 25.9. The van der Waals surface area contributed by atoms with Crippen LogP contribution in [0.3, 0.4) is 0 Å². The summed E-state index contributed by atoms with van der Waals surface area (Å²) < 4.78 is 0. The maximum Gasteiger partial charge on any atom is 0.241 e. The van der Waals surface area contributed by atoms with E-state index in [1.165, 1.54) is 0 Å². The molecular formula is C17H34N2O. The number of nitrogens with zero attached hydrogens (tertiary/aromatic N) is 1. The second-order valence-electron chi connectivity index (χ2n) is 8.29. The van der Waals surface area contributed by atoms with Crippen LogP contribution >= 0.6 is 0 Å². The van der Waals surface area contributed by atoms with Crippen LogP contribution in [0.2, 0.25) is 0 Å². The zero-order valence-corrected chi connectivity index (χ0v) is 14.7. The summed E-state index contributed by atoms with van der Waals surface area (Å²) in [6.07, 6.45) is 1.24. The van der Waals surface area contributed by atoms with Gasteiger partial charge in [0, 0.05) is 6.54 Å². The molecule has 1 rings (SSSR count). The van der Waals surface area contributed by atoms with Crippen LogP contribution in [-0.4, -0.2) is 29.6 Å². The quantitative estimate of drug-likeness (QED) is 0.837. The second-order valence-corrected chi connectivity index (χ2v) is 8.29. The lowest BCUT2D eigenvalue weighted by molar-refractivity contribution is -0.131. The van der Waals surface area contributed by atoms with Gasteiger partial charge in [-0.15, -0.1) is 0 Å². The van der Waals surface area contributed by atoms with E-state index in [0.717, 1.165) is 13.0 Å². The minimum absolute atomic E-state index is 0.00841. The Balaban J connectivity index is 2.84. The van der Waals surface area contributed by atoms with Crippen molar-refractivity contribution in [3.05, 3.63) is 0 Å². The van der Waals surface area contributed by atoms with Crippen molar-refractivity contribution in [1.29, 1.82) is 0 Å². The van der Waals surface area contributed by atoms with Crippen LogP contribution in [0.1, 0.15) is 61.8 Å². The third kappa shape index (κ3) is 4.21. The summed E-state index contributed by atoms with van der Waals surface area (Å²) in [4.78, 5) is 14.8. The van der Waals surface area contributed by atoms with E-state index < -0.39 is 0 Å². The molecule has 0 saturated carbocycles. The van der Waals surface area contributed by atoms with Crippen molar-refractivity contribution in [2.75, 3.05) is 6.54 Å². The molecule has 1 aliphatic heterocycles. The van der Waals surface area contributed by atoms with Crippen molar-refractivity contribution in [2.24, 2.45) is 23.2 Å². The summed E-state index contributed by atoms with van der Waals surface area (Å²) in [5.41, 5.74) is 0.235. The van der Waals surface area contributed by atoms with Gasteiger partial charge in [-0.05, 0) is 29.6 Å². The lowest BCUT2D eigenvalue weighted by Gasteiger charge is -2.34. The number of nitrogens with one attached hydrogen (secondary N) is 1. The van der Waals surface area contributed by atoms with Crippen molar-refractivity contribution in [1.82, 2.24) is 10.2 Å². The fourth-order valence-corrected chi connectivity index (χ4v) is 2.61. The van der Waals surface area contributed by atoms with Crippen LogP contribution in [0, 0.1) is 23.2 Å². The maximum absolute atomic E-state index is 12.7. The first-order valence-corrected chi connectivity index (χ1v) is 8.10. The first-order valence-electron chi connectivity index (χ1n) is 8.10. The fourth-order valence-electron chi connectivity index (χ4n) is 2.61. The first kappa shape index (κ1) is 17.5.